The van der Waals surface area contributed by atoms with E-state index in [1.807, 2.05) is 0 Å². The number of halogens is 2. The summed E-state index contributed by atoms with van der Waals surface area (Å²) in [5.74, 6) is -0.555. The molecule has 0 radical (unpaired) electrons. The van der Waals surface area contributed by atoms with Crippen molar-refractivity contribution in [2.45, 2.75) is 11.5 Å². The molecule has 0 aromatic heterocycles. The predicted molar refractivity (Wildman–Crippen MR) is 68.4 cm³/mol. The third-order valence-electron chi connectivity index (χ3n) is 2.55. The highest BCUT2D eigenvalue weighted by Gasteiger charge is 2.14. The van der Waals surface area contributed by atoms with E-state index in [1.54, 1.807) is 36.4 Å². The van der Waals surface area contributed by atoms with Crippen LogP contribution in [0.5, 0.6) is 0 Å². The van der Waals surface area contributed by atoms with Crippen molar-refractivity contribution >= 4 is 11.2 Å². The van der Waals surface area contributed by atoms with E-state index in [2.05, 4.69) is 0 Å². The SMILES string of the molecule is [O-][S+](Cc1ccccc1F)Cc1ccccc1F. The van der Waals surface area contributed by atoms with Crippen LogP contribution in [0.1, 0.15) is 11.1 Å². The third kappa shape index (κ3) is 3.31. The Labute approximate surface area is 108 Å². The lowest BCUT2D eigenvalue weighted by Gasteiger charge is -2.12. The molecule has 0 bridgehead atoms. The lowest BCUT2D eigenvalue weighted by atomic mass is 10.2. The van der Waals surface area contributed by atoms with Crippen molar-refractivity contribution in [3.8, 4) is 0 Å². The van der Waals surface area contributed by atoms with Crippen LogP contribution in [0.2, 0.25) is 0 Å². The maximum Gasteiger partial charge on any atom is 0.133 e. The van der Waals surface area contributed by atoms with E-state index in [0.717, 1.165) is 0 Å². The van der Waals surface area contributed by atoms with Crippen molar-refractivity contribution in [3.05, 3.63) is 71.3 Å². The molecule has 2 rings (SSSR count). The highest BCUT2D eigenvalue weighted by Crippen LogP contribution is 2.16. The molecule has 2 aromatic rings. The number of benzene rings is 2. The molecule has 1 nitrogen and oxygen atoms in total. The molecular weight excluding hydrogens is 254 g/mol. The molecule has 0 aliphatic carbocycles. The maximum atomic E-state index is 13.4. The van der Waals surface area contributed by atoms with Crippen molar-refractivity contribution < 1.29 is 13.3 Å². The summed E-state index contributed by atoms with van der Waals surface area (Å²) in [6.45, 7) is 0. The lowest BCUT2D eigenvalue weighted by Crippen LogP contribution is -2.10. The second-order valence-electron chi connectivity index (χ2n) is 3.91. The smallest absolute Gasteiger partial charge is 0.133 e. The Kier molecular flexibility index (Phi) is 4.33. The number of hydrogen-bond donors (Lipinski definition) is 0. The molecule has 18 heavy (non-hydrogen) atoms. The Morgan fingerprint density at radius 3 is 1.56 bits per heavy atom. The van der Waals surface area contributed by atoms with Crippen molar-refractivity contribution in [2.24, 2.45) is 0 Å². The van der Waals surface area contributed by atoms with E-state index >= 15 is 0 Å². The first-order valence-corrected chi connectivity index (χ1v) is 6.97. The van der Waals surface area contributed by atoms with Gasteiger partial charge in [-0.15, -0.1) is 0 Å². The summed E-state index contributed by atoms with van der Waals surface area (Å²) in [6, 6.07) is 12.4. The molecule has 0 spiro atoms. The van der Waals surface area contributed by atoms with Gasteiger partial charge < -0.3 is 4.55 Å². The van der Waals surface area contributed by atoms with Crippen molar-refractivity contribution in [1.82, 2.24) is 0 Å². The third-order valence-corrected chi connectivity index (χ3v) is 3.81. The highest BCUT2D eigenvalue weighted by molar-refractivity contribution is 7.89. The summed E-state index contributed by atoms with van der Waals surface area (Å²) >= 11 is -1.32. The van der Waals surface area contributed by atoms with Crippen LogP contribution in [0.25, 0.3) is 0 Å². The largest absolute Gasteiger partial charge is 0.616 e. The Balaban J connectivity index is 2.04. The van der Waals surface area contributed by atoms with Gasteiger partial charge in [-0.3, -0.25) is 0 Å². The minimum absolute atomic E-state index is 0.0982. The quantitative estimate of drug-likeness (QED) is 0.778. The van der Waals surface area contributed by atoms with Crippen molar-refractivity contribution in [2.75, 3.05) is 0 Å². The molecule has 2 aromatic carbocycles. The van der Waals surface area contributed by atoms with Gasteiger partial charge in [-0.05, 0) is 23.3 Å². The standard InChI is InChI=1S/C14H12F2OS/c15-13-7-3-1-5-11(13)9-18(17)10-12-6-2-4-8-14(12)16/h1-8H,9-10H2. The van der Waals surface area contributed by atoms with E-state index in [9.17, 15) is 13.3 Å². The van der Waals surface area contributed by atoms with Gasteiger partial charge in [0.25, 0.3) is 0 Å². The molecule has 94 valence electrons. The van der Waals surface area contributed by atoms with Gasteiger partial charge in [0.2, 0.25) is 0 Å². The Bertz CT molecular complexity index is 483. The molecule has 0 atom stereocenters. The highest BCUT2D eigenvalue weighted by atomic mass is 32.2. The summed E-state index contributed by atoms with van der Waals surface area (Å²) in [5, 5.41) is 0. The molecule has 0 heterocycles. The van der Waals surface area contributed by atoms with Gasteiger partial charge in [0, 0.05) is 11.1 Å². The fourth-order valence-corrected chi connectivity index (χ4v) is 2.89. The fraction of sp³-hybridized carbons (Fsp3) is 0.143. The molecule has 0 saturated carbocycles. The first kappa shape index (κ1) is 13.1. The average Bonchev–Trinajstić information content (AvgIpc) is 2.35. The maximum absolute atomic E-state index is 13.4. The normalized spacial score (nSPS) is 10.9. The van der Waals surface area contributed by atoms with Crippen LogP contribution in [-0.2, 0) is 22.7 Å². The van der Waals surface area contributed by atoms with Crippen LogP contribution in [0.15, 0.2) is 48.5 Å². The summed E-state index contributed by atoms with van der Waals surface area (Å²) in [4.78, 5) is 0. The van der Waals surface area contributed by atoms with Crippen LogP contribution in [0, 0.1) is 11.6 Å². The fourth-order valence-electron chi connectivity index (χ4n) is 1.63. The zero-order valence-corrected chi connectivity index (χ0v) is 10.4. The van der Waals surface area contributed by atoms with Crippen LogP contribution >= 0.6 is 0 Å². The zero-order valence-electron chi connectivity index (χ0n) is 9.61. The first-order valence-electron chi connectivity index (χ1n) is 5.48. The minimum Gasteiger partial charge on any atom is -0.616 e. The molecule has 0 saturated heterocycles. The molecular formula is C14H12F2OS. The molecule has 0 unspecified atom stereocenters. The Morgan fingerprint density at radius 1 is 0.778 bits per heavy atom. The van der Waals surface area contributed by atoms with Crippen molar-refractivity contribution in [1.29, 1.82) is 0 Å². The van der Waals surface area contributed by atoms with Gasteiger partial charge in [-0.1, -0.05) is 36.4 Å². The van der Waals surface area contributed by atoms with E-state index in [1.165, 1.54) is 12.1 Å². The van der Waals surface area contributed by atoms with E-state index < -0.39 is 11.2 Å². The van der Waals surface area contributed by atoms with Crippen molar-refractivity contribution in [3.63, 3.8) is 0 Å². The molecule has 0 N–H and O–H groups in total. The summed E-state index contributed by atoms with van der Waals surface area (Å²) in [6.07, 6.45) is 0. The predicted octanol–water partition coefficient (Wildman–Crippen LogP) is 3.41. The molecule has 0 aliphatic heterocycles. The van der Waals surface area contributed by atoms with E-state index in [0.29, 0.717) is 11.1 Å². The number of rotatable bonds is 4. The second-order valence-corrected chi connectivity index (χ2v) is 5.37. The molecule has 0 fully saturated rings. The van der Waals surface area contributed by atoms with Crippen LogP contribution in [0.3, 0.4) is 0 Å². The molecule has 0 aliphatic rings. The summed E-state index contributed by atoms with van der Waals surface area (Å²) in [5.41, 5.74) is 0.791. The summed E-state index contributed by atoms with van der Waals surface area (Å²) in [7, 11) is 0. The van der Waals surface area contributed by atoms with E-state index in [4.69, 9.17) is 0 Å². The topological polar surface area (TPSA) is 23.1 Å². The van der Waals surface area contributed by atoms with Crippen LogP contribution in [-0.4, -0.2) is 4.55 Å². The Morgan fingerprint density at radius 2 is 1.17 bits per heavy atom. The van der Waals surface area contributed by atoms with Gasteiger partial charge in [-0.2, -0.15) is 0 Å². The van der Waals surface area contributed by atoms with Crippen LogP contribution < -0.4 is 0 Å². The van der Waals surface area contributed by atoms with Crippen LogP contribution in [0.4, 0.5) is 8.78 Å². The second kappa shape index (κ2) is 5.98. The average molecular weight is 266 g/mol. The van der Waals surface area contributed by atoms with Gasteiger partial charge in [0.15, 0.2) is 0 Å². The number of hydrogen-bond acceptors (Lipinski definition) is 1. The molecule has 4 heteroatoms. The zero-order chi connectivity index (χ0) is 13.0. The Hall–Kier alpha value is -1.39. The lowest BCUT2D eigenvalue weighted by molar-refractivity contribution is 0.580. The monoisotopic (exact) mass is 266 g/mol. The first-order chi connectivity index (χ1) is 8.66. The van der Waals surface area contributed by atoms with Gasteiger partial charge >= 0.3 is 0 Å². The van der Waals surface area contributed by atoms with Gasteiger partial charge in [-0.25, -0.2) is 8.78 Å². The minimum atomic E-state index is -1.32. The molecule has 0 amide bonds. The summed E-state index contributed by atoms with van der Waals surface area (Å²) < 4.78 is 38.6. The van der Waals surface area contributed by atoms with E-state index in [-0.39, 0.29) is 23.1 Å². The van der Waals surface area contributed by atoms with Gasteiger partial charge in [0.05, 0.1) is 0 Å². The van der Waals surface area contributed by atoms with Gasteiger partial charge in [0.1, 0.15) is 23.1 Å².